The zero-order valence-corrected chi connectivity index (χ0v) is 12.4. The fraction of sp³-hybridized carbons (Fsp3) is 0.0833. The molecule has 0 bridgehead atoms. The molecule has 0 radical (unpaired) electrons. The minimum Gasteiger partial charge on any atom is -0.396 e. The summed E-state index contributed by atoms with van der Waals surface area (Å²) >= 11 is 6.65. The van der Waals surface area contributed by atoms with E-state index < -0.39 is 0 Å². The number of anilines is 2. The molecule has 0 fully saturated rings. The van der Waals surface area contributed by atoms with E-state index in [0.29, 0.717) is 18.1 Å². The summed E-state index contributed by atoms with van der Waals surface area (Å²) in [6.07, 6.45) is 1.65. The lowest BCUT2D eigenvalue weighted by Gasteiger charge is -2.10. The first kappa shape index (κ1) is 13.3. The average Bonchev–Trinajstić information content (AvgIpc) is 2.32. The molecular weight excluding hydrogens is 365 g/mol. The van der Waals surface area contributed by atoms with Crippen LogP contribution in [0.5, 0.6) is 0 Å². The molecule has 0 saturated heterocycles. The Morgan fingerprint density at radius 3 is 2.78 bits per heavy atom. The van der Waals surface area contributed by atoms with E-state index in [2.05, 4.69) is 42.2 Å². The number of nitrogens with two attached hydrogens (primary N) is 1. The van der Waals surface area contributed by atoms with Gasteiger partial charge in [0.2, 0.25) is 0 Å². The van der Waals surface area contributed by atoms with Gasteiger partial charge in [-0.15, -0.1) is 0 Å². The second-order valence-electron chi connectivity index (χ2n) is 3.68. The fourth-order valence-corrected chi connectivity index (χ4v) is 2.20. The molecule has 2 aromatic rings. The van der Waals surface area contributed by atoms with Crippen molar-refractivity contribution < 1.29 is 4.39 Å². The second-order valence-corrected chi connectivity index (χ2v) is 5.45. The van der Waals surface area contributed by atoms with Gasteiger partial charge in [0.1, 0.15) is 11.6 Å². The van der Waals surface area contributed by atoms with Gasteiger partial charge in [-0.05, 0) is 45.8 Å². The molecule has 0 aliphatic heterocycles. The van der Waals surface area contributed by atoms with Crippen molar-refractivity contribution in [1.82, 2.24) is 4.98 Å². The Bertz CT molecular complexity index is 575. The highest BCUT2D eigenvalue weighted by Gasteiger charge is 2.04. The number of hydrogen-bond donors (Lipinski definition) is 2. The van der Waals surface area contributed by atoms with Crippen LogP contribution in [0.4, 0.5) is 15.9 Å². The van der Waals surface area contributed by atoms with E-state index >= 15 is 0 Å². The molecule has 18 heavy (non-hydrogen) atoms. The first-order valence-corrected chi connectivity index (χ1v) is 6.73. The van der Waals surface area contributed by atoms with Gasteiger partial charge in [0.25, 0.3) is 0 Å². The summed E-state index contributed by atoms with van der Waals surface area (Å²) in [7, 11) is 0. The maximum atomic E-state index is 13.1. The molecule has 3 N–H and O–H groups in total. The molecule has 0 aliphatic carbocycles. The molecule has 94 valence electrons. The SMILES string of the molecule is Nc1cc(Br)cnc1NCc1cc(F)ccc1Br. The lowest BCUT2D eigenvalue weighted by molar-refractivity contribution is 0.625. The van der Waals surface area contributed by atoms with Crippen LogP contribution in [0.1, 0.15) is 5.56 Å². The van der Waals surface area contributed by atoms with E-state index in [1.807, 2.05) is 0 Å². The predicted octanol–water partition coefficient (Wildman–Crippen LogP) is 3.94. The standard InChI is InChI=1S/C12H10Br2FN3/c13-8-4-11(16)12(18-6-8)17-5-7-3-9(15)1-2-10(7)14/h1-4,6H,5,16H2,(H,17,18). The van der Waals surface area contributed by atoms with Crippen LogP contribution < -0.4 is 11.1 Å². The molecule has 0 aliphatic rings. The molecule has 0 amide bonds. The number of nitrogens with one attached hydrogen (secondary N) is 1. The summed E-state index contributed by atoms with van der Waals surface area (Å²) in [6, 6.07) is 6.30. The third-order valence-corrected chi connectivity index (χ3v) is 3.55. The van der Waals surface area contributed by atoms with E-state index in [1.165, 1.54) is 12.1 Å². The summed E-state index contributed by atoms with van der Waals surface area (Å²) < 4.78 is 14.8. The molecule has 0 atom stereocenters. The van der Waals surface area contributed by atoms with Crippen LogP contribution >= 0.6 is 31.9 Å². The van der Waals surface area contributed by atoms with Crippen molar-refractivity contribution in [1.29, 1.82) is 0 Å². The highest BCUT2D eigenvalue weighted by Crippen LogP contribution is 2.22. The number of halogens is 3. The van der Waals surface area contributed by atoms with Crippen molar-refractivity contribution in [3.63, 3.8) is 0 Å². The van der Waals surface area contributed by atoms with Gasteiger partial charge in [-0.25, -0.2) is 9.37 Å². The Morgan fingerprint density at radius 2 is 2.06 bits per heavy atom. The normalized spacial score (nSPS) is 10.4. The van der Waals surface area contributed by atoms with E-state index in [4.69, 9.17) is 5.73 Å². The zero-order valence-electron chi connectivity index (χ0n) is 9.25. The van der Waals surface area contributed by atoms with Crippen molar-refractivity contribution in [3.8, 4) is 0 Å². The molecule has 1 aromatic heterocycles. The Kier molecular flexibility index (Phi) is 4.19. The Balaban J connectivity index is 2.13. The number of aromatic nitrogens is 1. The van der Waals surface area contributed by atoms with Crippen LogP contribution in [0.15, 0.2) is 39.4 Å². The molecule has 1 heterocycles. The topological polar surface area (TPSA) is 50.9 Å². The largest absolute Gasteiger partial charge is 0.396 e. The van der Waals surface area contributed by atoms with Crippen LogP contribution in [0.3, 0.4) is 0 Å². The van der Waals surface area contributed by atoms with E-state index in [-0.39, 0.29) is 5.82 Å². The smallest absolute Gasteiger partial charge is 0.149 e. The molecule has 0 saturated carbocycles. The summed E-state index contributed by atoms with van der Waals surface area (Å²) in [6.45, 7) is 0.442. The predicted molar refractivity (Wildman–Crippen MR) is 77.8 cm³/mol. The average molecular weight is 375 g/mol. The van der Waals surface area contributed by atoms with Gasteiger partial charge >= 0.3 is 0 Å². The van der Waals surface area contributed by atoms with Gasteiger partial charge in [0, 0.05) is 21.7 Å². The monoisotopic (exact) mass is 373 g/mol. The summed E-state index contributed by atoms with van der Waals surface area (Å²) in [5.74, 6) is 0.307. The summed E-state index contributed by atoms with van der Waals surface area (Å²) in [5, 5.41) is 3.07. The minimum absolute atomic E-state index is 0.272. The number of nitrogen functional groups attached to an aromatic ring is 1. The van der Waals surface area contributed by atoms with E-state index in [0.717, 1.165) is 14.5 Å². The van der Waals surface area contributed by atoms with Gasteiger partial charge in [-0.3, -0.25) is 0 Å². The number of benzene rings is 1. The second kappa shape index (κ2) is 5.67. The molecule has 6 heteroatoms. The third kappa shape index (κ3) is 3.20. The van der Waals surface area contributed by atoms with Gasteiger partial charge < -0.3 is 11.1 Å². The maximum Gasteiger partial charge on any atom is 0.149 e. The molecule has 0 unspecified atom stereocenters. The van der Waals surface area contributed by atoms with Crippen LogP contribution in [-0.2, 0) is 6.54 Å². The van der Waals surface area contributed by atoms with Crippen molar-refractivity contribution >= 4 is 43.4 Å². The van der Waals surface area contributed by atoms with Crippen molar-refractivity contribution in [2.24, 2.45) is 0 Å². The van der Waals surface area contributed by atoms with Crippen LogP contribution in [0.25, 0.3) is 0 Å². The lowest BCUT2D eigenvalue weighted by Crippen LogP contribution is -2.05. The number of hydrogen-bond acceptors (Lipinski definition) is 3. The highest BCUT2D eigenvalue weighted by atomic mass is 79.9. The van der Waals surface area contributed by atoms with Crippen molar-refractivity contribution in [3.05, 3.63) is 50.8 Å². The summed E-state index contributed by atoms with van der Waals surface area (Å²) in [4.78, 5) is 4.15. The number of rotatable bonds is 3. The third-order valence-electron chi connectivity index (χ3n) is 2.34. The highest BCUT2D eigenvalue weighted by molar-refractivity contribution is 9.10. The molecule has 1 aromatic carbocycles. The lowest BCUT2D eigenvalue weighted by atomic mass is 10.2. The van der Waals surface area contributed by atoms with Crippen molar-refractivity contribution in [2.45, 2.75) is 6.54 Å². The Hall–Kier alpha value is -1.14. The van der Waals surface area contributed by atoms with Gasteiger partial charge in [-0.2, -0.15) is 0 Å². The van der Waals surface area contributed by atoms with Crippen LogP contribution in [-0.4, -0.2) is 4.98 Å². The molecule has 2 rings (SSSR count). The van der Waals surface area contributed by atoms with E-state index in [9.17, 15) is 4.39 Å². The van der Waals surface area contributed by atoms with Gasteiger partial charge in [-0.1, -0.05) is 15.9 Å². The van der Waals surface area contributed by atoms with Gasteiger partial charge in [0.15, 0.2) is 0 Å². The summed E-state index contributed by atoms with van der Waals surface area (Å²) in [5.41, 5.74) is 7.16. The Morgan fingerprint density at radius 1 is 1.28 bits per heavy atom. The first-order valence-electron chi connectivity index (χ1n) is 5.15. The fourth-order valence-electron chi connectivity index (χ4n) is 1.46. The van der Waals surface area contributed by atoms with Gasteiger partial charge in [0.05, 0.1) is 5.69 Å². The maximum absolute atomic E-state index is 13.1. The Labute approximate surface area is 121 Å². The molecular formula is C12H10Br2FN3. The molecule has 3 nitrogen and oxygen atoms in total. The zero-order chi connectivity index (χ0) is 13.1. The molecule has 0 spiro atoms. The first-order chi connectivity index (χ1) is 8.56. The number of nitrogens with zero attached hydrogens (tertiary/aromatic N) is 1. The van der Waals surface area contributed by atoms with E-state index in [1.54, 1.807) is 18.3 Å². The quantitative estimate of drug-likeness (QED) is 0.855. The van der Waals surface area contributed by atoms with Crippen molar-refractivity contribution in [2.75, 3.05) is 11.1 Å². The minimum atomic E-state index is -0.272. The number of pyridine rings is 1. The van der Waals surface area contributed by atoms with Crippen LogP contribution in [0.2, 0.25) is 0 Å². The van der Waals surface area contributed by atoms with Crippen LogP contribution in [0, 0.1) is 5.82 Å².